The number of nitrogens with one attached hydrogen (secondary N) is 2. The molecule has 8 nitrogen and oxygen atoms in total. The summed E-state index contributed by atoms with van der Waals surface area (Å²) in [5, 5.41) is 15.4. The van der Waals surface area contributed by atoms with Crippen molar-refractivity contribution in [2.45, 2.75) is 51.5 Å². The van der Waals surface area contributed by atoms with E-state index in [0.29, 0.717) is 18.0 Å². The smallest absolute Gasteiger partial charge is 0.319 e. The van der Waals surface area contributed by atoms with Crippen molar-refractivity contribution in [3.8, 4) is 11.5 Å². The summed E-state index contributed by atoms with van der Waals surface area (Å²) in [5.74, 6) is 1.52. The third-order valence-electron chi connectivity index (χ3n) is 9.33. The lowest BCUT2D eigenvalue weighted by molar-refractivity contribution is -0.276. The molecule has 6 rings (SSSR count). The number of anilines is 1. The van der Waals surface area contributed by atoms with E-state index in [1.807, 2.05) is 97.1 Å². The first-order chi connectivity index (χ1) is 24.4. The second-order valence-electron chi connectivity index (χ2n) is 12.8. The highest BCUT2D eigenvalue weighted by atomic mass is 16.7. The summed E-state index contributed by atoms with van der Waals surface area (Å²) in [5.41, 5.74) is 5.69. The summed E-state index contributed by atoms with van der Waals surface area (Å²) < 4.78 is 19.2. The van der Waals surface area contributed by atoms with Crippen LogP contribution < -0.4 is 15.4 Å². The number of aliphatic hydroxyl groups excluding tert-OH is 1. The van der Waals surface area contributed by atoms with E-state index in [2.05, 4.69) is 60.7 Å². The van der Waals surface area contributed by atoms with E-state index >= 15 is 0 Å². The predicted octanol–water partition coefficient (Wildman–Crippen LogP) is 8.78. The van der Waals surface area contributed by atoms with Crippen LogP contribution in [0.1, 0.15) is 60.1 Å². The number of hydrogen-bond acceptors (Lipinski definition) is 6. The number of para-hydroxylation sites is 1. The number of aliphatic hydroxyl groups is 1. The van der Waals surface area contributed by atoms with Gasteiger partial charge in [0.15, 0.2) is 6.29 Å². The summed E-state index contributed by atoms with van der Waals surface area (Å²) in [6.45, 7) is 5.47. The van der Waals surface area contributed by atoms with Gasteiger partial charge in [-0.2, -0.15) is 0 Å². The van der Waals surface area contributed by atoms with Crippen molar-refractivity contribution < 1.29 is 24.1 Å². The standard InChI is InChI=1S/C42H45N3O5/c1-29-39(27-45(3)30(2)33-10-6-4-7-11-33)49-41(50-40(29)34-18-16-32(28-46)17-19-34)35-20-14-31(15-21-35)26-43-42(47)44-36-22-24-38(25-23-36)48-37-12-8-5-9-13-37/h4-25,29-30,39-41,46H,26-28H2,1-3H3,(H2,43,44,47)/t29-,30+,39+,40+,41+/m1/s1. The van der Waals surface area contributed by atoms with Gasteiger partial charge >= 0.3 is 6.03 Å². The first-order valence-corrected chi connectivity index (χ1v) is 17.1. The molecule has 258 valence electrons. The van der Waals surface area contributed by atoms with Crippen LogP contribution in [0, 0.1) is 5.92 Å². The highest BCUT2D eigenvalue weighted by Crippen LogP contribution is 2.42. The maximum Gasteiger partial charge on any atom is 0.319 e. The van der Waals surface area contributed by atoms with Crippen LogP contribution >= 0.6 is 0 Å². The van der Waals surface area contributed by atoms with Gasteiger partial charge < -0.3 is 30.0 Å². The number of urea groups is 1. The molecular formula is C42H45N3O5. The van der Waals surface area contributed by atoms with E-state index in [4.69, 9.17) is 14.2 Å². The van der Waals surface area contributed by atoms with E-state index in [1.165, 1.54) is 5.56 Å². The maximum absolute atomic E-state index is 12.7. The number of ether oxygens (including phenoxy) is 3. The van der Waals surface area contributed by atoms with Gasteiger partial charge in [-0.15, -0.1) is 0 Å². The second-order valence-corrected chi connectivity index (χ2v) is 12.8. The molecule has 3 N–H and O–H groups in total. The fourth-order valence-corrected chi connectivity index (χ4v) is 6.14. The molecule has 0 bridgehead atoms. The molecule has 1 fully saturated rings. The Morgan fingerprint density at radius 3 is 2.04 bits per heavy atom. The average Bonchev–Trinajstić information content (AvgIpc) is 3.16. The van der Waals surface area contributed by atoms with Crippen LogP contribution in [-0.4, -0.2) is 35.7 Å². The Balaban J connectivity index is 1.08. The second kappa shape index (κ2) is 16.6. The SMILES string of the molecule is C[C@@H]1[C@H](CN(C)[C@@H](C)c2ccccc2)O[C@H](c2ccc(CNC(=O)Nc3ccc(Oc4ccccc4)cc3)cc2)O[C@@H]1c1ccc(CO)cc1. The molecule has 2 amide bonds. The Morgan fingerprint density at radius 1 is 0.780 bits per heavy atom. The number of nitrogens with zero attached hydrogens (tertiary/aromatic N) is 1. The predicted molar refractivity (Wildman–Crippen MR) is 196 cm³/mol. The van der Waals surface area contributed by atoms with Gasteiger partial charge in [0, 0.05) is 36.3 Å². The first kappa shape index (κ1) is 34.9. The number of carbonyl (C=O) groups excluding carboxylic acids is 1. The molecule has 1 heterocycles. The zero-order valence-corrected chi connectivity index (χ0v) is 28.7. The van der Waals surface area contributed by atoms with Crippen LogP contribution in [0.15, 0.2) is 133 Å². The number of likely N-dealkylation sites (N-methyl/N-ethyl adjacent to an activating group) is 1. The third kappa shape index (κ3) is 8.97. The number of hydrogen-bond donors (Lipinski definition) is 3. The van der Waals surface area contributed by atoms with Gasteiger partial charge in [0.25, 0.3) is 0 Å². The lowest BCUT2D eigenvalue weighted by Gasteiger charge is -2.43. The summed E-state index contributed by atoms with van der Waals surface area (Å²) in [6.07, 6.45) is -0.870. The van der Waals surface area contributed by atoms with Crippen molar-refractivity contribution in [2.24, 2.45) is 5.92 Å². The minimum absolute atomic E-state index is 0.00152. The number of benzene rings is 5. The van der Waals surface area contributed by atoms with Gasteiger partial charge in [0.2, 0.25) is 0 Å². The lowest BCUT2D eigenvalue weighted by atomic mass is 9.89. The third-order valence-corrected chi connectivity index (χ3v) is 9.33. The number of carbonyl (C=O) groups is 1. The van der Waals surface area contributed by atoms with Crippen molar-refractivity contribution in [3.05, 3.63) is 161 Å². The monoisotopic (exact) mass is 671 g/mol. The molecule has 0 unspecified atom stereocenters. The summed E-state index contributed by atoms with van der Waals surface area (Å²) in [6, 6.07) is 43.1. The Bertz CT molecular complexity index is 1780. The van der Waals surface area contributed by atoms with E-state index < -0.39 is 6.29 Å². The molecule has 1 aliphatic rings. The lowest BCUT2D eigenvalue weighted by Crippen LogP contribution is -2.44. The maximum atomic E-state index is 12.7. The van der Waals surface area contributed by atoms with Crippen LogP contribution in [-0.2, 0) is 22.6 Å². The van der Waals surface area contributed by atoms with Gasteiger partial charge in [-0.1, -0.05) is 104 Å². The van der Waals surface area contributed by atoms with Gasteiger partial charge in [0.1, 0.15) is 11.5 Å². The van der Waals surface area contributed by atoms with Crippen molar-refractivity contribution in [2.75, 3.05) is 18.9 Å². The van der Waals surface area contributed by atoms with Crippen LogP contribution in [0.5, 0.6) is 11.5 Å². The van der Waals surface area contributed by atoms with Crippen LogP contribution in [0.3, 0.4) is 0 Å². The first-order valence-electron chi connectivity index (χ1n) is 17.1. The Labute approximate surface area is 294 Å². The molecule has 0 aromatic heterocycles. The largest absolute Gasteiger partial charge is 0.457 e. The Morgan fingerprint density at radius 2 is 1.38 bits per heavy atom. The highest BCUT2D eigenvalue weighted by Gasteiger charge is 2.39. The van der Waals surface area contributed by atoms with E-state index in [1.54, 1.807) is 12.1 Å². The minimum Gasteiger partial charge on any atom is -0.457 e. The minimum atomic E-state index is -0.571. The molecule has 1 saturated heterocycles. The fourth-order valence-electron chi connectivity index (χ4n) is 6.14. The van der Waals surface area contributed by atoms with E-state index in [0.717, 1.165) is 34.5 Å². The molecule has 0 aliphatic carbocycles. The average molecular weight is 672 g/mol. The number of amides is 2. The Kier molecular flexibility index (Phi) is 11.6. The molecule has 8 heteroatoms. The van der Waals surface area contributed by atoms with E-state index in [9.17, 15) is 9.90 Å². The summed E-state index contributed by atoms with van der Waals surface area (Å²) in [7, 11) is 2.14. The van der Waals surface area contributed by atoms with Gasteiger partial charge in [-0.05, 0) is 72.6 Å². The normalized spacial score (nSPS) is 19.5. The zero-order chi connectivity index (χ0) is 34.9. The molecule has 0 saturated carbocycles. The summed E-state index contributed by atoms with van der Waals surface area (Å²) in [4.78, 5) is 15.0. The van der Waals surface area contributed by atoms with Crippen LogP contribution in [0.25, 0.3) is 0 Å². The van der Waals surface area contributed by atoms with Crippen LogP contribution in [0.4, 0.5) is 10.5 Å². The van der Waals surface area contributed by atoms with Gasteiger partial charge in [0.05, 0.1) is 18.8 Å². The van der Waals surface area contributed by atoms with Crippen molar-refractivity contribution in [3.63, 3.8) is 0 Å². The van der Waals surface area contributed by atoms with E-state index in [-0.39, 0.29) is 36.8 Å². The van der Waals surface area contributed by atoms with Crippen molar-refractivity contribution >= 4 is 11.7 Å². The quantitative estimate of drug-likeness (QED) is 0.123. The molecule has 5 aromatic carbocycles. The van der Waals surface area contributed by atoms with Crippen molar-refractivity contribution in [1.82, 2.24) is 10.2 Å². The van der Waals surface area contributed by atoms with Gasteiger partial charge in [-0.25, -0.2) is 4.79 Å². The van der Waals surface area contributed by atoms with Gasteiger partial charge in [-0.3, -0.25) is 4.90 Å². The fraction of sp³-hybridized carbons (Fsp3) is 0.262. The topological polar surface area (TPSA) is 92.3 Å². The molecule has 0 radical (unpaired) electrons. The molecule has 50 heavy (non-hydrogen) atoms. The Hall–Kier alpha value is -4.99. The number of rotatable bonds is 12. The van der Waals surface area contributed by atoms with Crippen LogP contribution in [0.2, 0.25) is 0 Å². The molecular weight excluding hydrogens is 626 g/mol. The summed E-state index contributed by atoms with van der Waals surface area (Å²) >= 11 is 0. The molecule has 1 aliphatic heterocycles. The zero-order valence-electron chi connectivity index (χ0n) is 28.7. The molecule has 5 atom stereocenters. The highest BCUT2D eigenvalue weighted by molar-refractivity contribution is 5.89. The molecule has 0 spiro atoms. The van der Waals surface area contributed by atoms with Crippen molar-refractivity contribution in [1.29, 1.82) is 0 Å². The molecule has 5 aromatic rings.